The van der Waals surface area contributed by atoms with E-state index < -0.39 is 0 Å². The molecule has 0 spiro atoms. The lowest BCUT2D eigenvalue weighted by molar-refractivity contribution is 0.212. The molecule has 0 aliphatic rings. The summed E-state index contributed by atoms with van der Waals surface area (Å²) in [5.41, 5.74) is 0.304. The minimum atomic E-state index is 0.304. The van der Waals surface area contributed by atoms with Crippen LogP contribution < -0.4 is 5.32 Å². The Kier molecular flexibility index (Phi) is 5.73. The summed E-state index contributed by atoms with van der Waals surface area (Å²) in [6, 6.07) is 0.578. The maximum absolute atomic E-state index is 3.71. The summed E-state index contributed by atoms with van der Waals surface area (Å²) in [6.07, 6.45) is 2.59. The zero-order valence-electron chi connectivity index (χ0n) is 11.1. The average molecular weight is 199 g/mol. The number of rotatable bonds is 6. The first-order valence-electron chi connectivity index (χ1n) is 6.05. The predicted octanol–water partition coefficient (Wildman–Crippen LogP) is 3.84. The van der Waals surface area contributed by atoms with E-state index in [9.17, 15) is 0 Å². The summed E-state index contributed by atoms with van der Waals surface area (Å²) in [5, 5.41) is 3.71. The Hall–Kier alpha value is -0.0400. The third-order valence-electron chi connectivity index (χ3n) is 3.13. The van der Waals surface area contributed by atoms with Gasteiger partial charge < -0.3 is 5.32 Å². The molecule has 86 valence electrons. The molecule has 1 nitrogen and oxygen atoms in total. The lowest BCUT2D eigenvalue weighted by Crippen LogP contribution is -2.50. The van der Waals surface area contributed by atoms with Crippen LogP contribution in [0.5, 0.6) is 0 Å². The molecule has 0 aromatic heterocycles. The first kappa shape index (κ1) is 14.0. The van der Waals surface area contributed by atoms with Crippen LogP contribution in [0.15, 0.2) is 0 Å². The van der Waals surface area contributed by atoms with Gasteiger partial charge in [-0.2, -0.15) is 0 Å². The summed E-state index contributed by atoms with van der Waals surface area (Å²) in [7, 11) is 0. The molecule has 0 radical (unpaired) electrons. The van der Waals surface area contributed by atoms with Crippen molar-refractivity contribution in [3.05, 3.63) is 0 Å². The molecule has 0 fully saturated rings. The highest BCUT2D eigenvalue weighted by Gasteiger charge is 2.28. The van der Waals surface area contributed by atoms with Gasteiger partial charge in [0.15, 0.2) is 0 Å². The fourth-order valence-electron chi connectivity index (χ4n) is 1.78. The Balaban J connectivity index is 4.24. The Morgan fingerprint density at radius 1 is 1.00 bits per heavy atom. The average Bonchev–Trinajstić information content (AvgIpc) is 1.99. The van der Waals surface area contributed by atoms with E-state index in [1.54, 1.807) is 0 Å². The zero-order chi connectivity index (χ0) is 11.4. The first-order chi connectivity index (χ1) is 6.28. The van der Waals surface area contributed by atoms with Gasteiger partial charge in [0, 0.05) is 11.6 Å². The van der Waals surface area contributed by atoms with Crippen molar-refractivity contribution in [2.45, 2.75) is 72.9 Å². The van der Waals surface area contributed by atoms with Gasteiger partial charge in [-0.1, -0.05) is 41.5 Å². The van der Waals surface area contributed by atoms with Crippen molar-refractivity contribution >= 4 is 0 Å². The van der Waals surface area contributed by atoms with Crippen molar-refractivity contribution in [1.82, 2.24) is 5.32 Å². The topological polar surface area (TPSA) is 12.0 Å². The van der Waals surface area contributed by atoms with Gasteiger partial charge in [0.1, 0.15) is 0 Å². The van der Waals surface area contributed by atoms with Gasteiger partial charge in [0.2, 0.25) is 0 Å². The van der Waals surface area contributed by atoms with Gasteiger partial charge in [-0.25, -0.2) is 0 Å². The third-order valence-corrected chi connectivity index (χ3v) is 3.13. The molecule has 1 N–H and O–H groups in total. The molecule has 1 heteroatoms. The Morgan fingerprint density at radius 2 is 1.50 bits per heavy atom. The molecule has 0 aliphatic carbocycles. The van der Waals surface area contributed by atoms with Crippen molar-refractivity contribution in [2.75, 3.05) is 0 Å². The molecule has 0 rings (SSSR count). The van der Waals surface area contributed by atoms with Gasteiger partial charge in [-0.05, 0) is 31.6 Å². The normalized spacial score (nSPS) is 16.7. The summed E-state index contributed by atoms with van der Waals surface area (Å²) in [6.45, 7) is 16.1. The Morgan fingerprint density at radius 3 is 1.79 bits per heavy atom. The molecule has 1 atom stereocenters. The van der Waals surface area contributed by atoms with Gasteiger partial charge in [0.25, 0.3) is 0 Å². The lowest BCUT2D eigenvalue weighted by Gasteiger charge is -2.37. The van der Waals surface area contributed by atoms with E-state index in [1.807, 2.05) is 0 Å². The molecule has 0 amide bonds. The SMILES string of the molecule is CC(C)CCC(C)(NC(C)C)C(C)C. The van der Waals surface area contributed by atoms with Crippen molar-refractivity contribution in [2.24, 2.45) is 11.8 Å². The van der Waals surface area contributed by atoms with Crippen LogP contribution in [0, 0.1) is 11.8 Å². The fourth-order valence-corrected chi connectivity index (χ4v) is 1.78. The van der Waals surface area contributed by atoms with Crippen LogP contribution in [0.4, 0.5) is 0 Å². The molecular weight excluding hydrogens is 170 g/mol. The summed E-state index contributed by atoms with van der Waals surface area (Å²) in [4.78, 5) is 0. The van der Waals surface area contributed by atoms with Crippen LogP contribution in [0.1, 0.15) is 61.3 Å². The highest BCUT2D eigenvalue weighted by Crippen LogP contribution is 2.25. The third kappa shape index (κ3) is 4.99. The van der Waals surface area contributed by atoms with Gasteiger partial charge in [-0.3, -0.25) is 0 Å². The number of nitrogens with one attached hydrogen (secondary N) is 1. The molecule has 0 saturated heterocycles. The highest BCUT2D eigenvalue weighted by molar-refractivity contribution is 4.87. The lowest BCUT2D eigenvalue weighted by atomic mass is 9.82. The van der Waals surface area contributed by atoms with Crippen molar-refractivity contribution in [3.8, 4) is 0 Å². The monoisotopic (exact) mass is 199 g/mol. The second-order valence-corrected chi connectivity index (χ2v) is 5.80. The van der Waals surface area contributed by atoms with Crippen LogP contribution in [-0.4, -0.2) is 11.6 Å². The number of hydrogen-bond acceptors (Lipinski definition) is 1. The van der Waals surface area contributed by atoms with Crippen LogP contribution in [-0.2, 0) is 0 Å². The second kappa shape index (κ2) is 5.75. The number of hydrogen-bond donors (Lipinski definition) is 1. The first-order valence-corrected chi connectivity index (χ1v) is 6.05. The standard InChI is InChI=1S/C13H29N/c1-10(2)8-9-13(7,11(3)4)14-12(5)6/h10-12,14H,8-9H2,1-7H3. The fraction of sp³-hybridized carbons (Fsp3) is 1.00. The highest BCUT2D eigenvalue weighted by atomic mass is 15.0. The Bertz CT molecular complexity index is 149. The quantitative estimate of drug-likeness (QED) is 0.685. The Labute approximate surface area is 90.7 Å². The predicted molar refractivity (Wildman–Crippen MR) is 65.6 cm³/mol. The molecular formula is C13H29N. The molecule has 14 heavy (non-hydrogen) atoms. The minimum Gasteiger partial charge on any atom is -0.309 e. The van der Waals surface area contributed by atoms with E-state index in [0.717, 1.165) is 5.92 Å². The van der Waals surface area contributed by atoms with Gasteiger partial charge >= 0.3 is 0 Å². The van der Waals surface area contributed by atoms with E-state index in [2.05, 4.69) is 53.8 Å². The smallest absolute Gasteiger partial charge is 0.0178 e. The summed E-state index contributed by atoms with van der Waals surface area (Å²) in [5.74, 6) is 1.51. The molecule has 0 aliphatic heterocycles. The molecule has 0 bridgehead atoms. The van der Waals surface area contributed by atoms with Crippen LogP contribution >= 0.6 is 0 Å². The second-order valence-electron chi connectivity index (χ2n) is 5.80. The maximum atomic E-state index is 3.71. The summed E-state index contributed by atoms with van der Waals surface area (Å²) >= 11 is 0. The van der Waals surface area contributed by atoms with Gasteiger partial charge in [-0.15, -0.1) is 0 Å². The van der Waals surface area contributed by atoms with Crippen LogP contribution in [0.3, 0.4) is 0 Å². The minimum absolute atomic E-state index is 0.304. The van der Waals surface area contributed by atoms with E-state index in [-0.39, 0.29) is 0 Å². The van der Waals surface area contributed by atoms with E-state index in [0.29, 0.717) is 17.5 Å². The maximum Gasteiger partial charge on any atom is 0.0178 e. The molecule has 0 aromatic carbocycles. The van der Waals surface area contributed by atoms with Crippen LogP contribution in [0.25, 0.3) is 0 Å². The summed E-state index contributed by atoms with van der Waals surface area (Å²) < 4.78 is 0. The molecule has 0 heterocycles. The van der Waals surface area contributed by atoms with Crippen molar-refractivity contribution in [1.29, 1.82) is 0 Å². The van der Waals surface area contributed by atoms with Crippen molar-refractivity contribution in [3.63, 3.8) is 0 Å². The van der Waals surface area contributed by atoms with E-state index >= 15 is 0 Å². The van der Waals surface area contributed by atoms with E-state index in [4.69, 9.17) is 0 Å². The molecule has 0 saturated carbocycles. The van der Waals surface area contributed by atoms with E-state index in [1.165, 1.54) is 12.8 Å². The van der Waals surface area contributed by atoms with Gasteiger partial charge in [0.05, 0.1) is 0 Å². The van der Waals surface area contributed by atoms with Crippen LogP contribution in [0.2, 0.25) is 0 Å². The molecule has 1 unspecified atom stereocenters. The largest absolute Gasteiger partial charge is 0.309 e. The molecule has 0 aromatic rings. The zero-order valence-corrected chi connectivity index (χ0v) is 11.1. The van der Waals surface area contributed by atoms with Crippen molar-refractivity contribution < 1.29 is 0 Å².